The summed E-state index contributed by atoms with van der Waals surface area (Å²) in [4.78, 5) is 11.3. The molecule has 0 aliphatic carbocycles. The third kappa shape index (κ3) is 4.03. The predicted molar refractivity (Wildman–Crippen MR) is 64.1 cm³/mol. The van der Waals surface area contributed by atoms with Crippen LogP contribution < -0.4 is 5.19 Å². The lowest BCUT2D eigenvalue weighted by Gasteiger charge is -2.15. The molecule has 0 aliphatic rings. The van der Waals surface area contributed by atoms with Crippen molar-refractivity contribution in [3.8, 4) is 0 Å². The third-order valence-corrected chi connectivity index (χ3v) is 3.76. The number of hydrogen-bond acceptors (Lipinski definition) is 2. The van der Waals surface area contributed by atoms with Gasteiger partial charge in [-0.2, -0.15) is 0 Å². The van der Waals surface area contributed by atoms with Crippen LogP contribution in [0.2, 0.25) is 6.55 Å². The molecule has 15 heavy (non-hydrogen) atoms. The molecule has 0 bridgehead atoms. The zero-order chi connectivity index (χ0) is 11.5. The van der Waals surface area contributed by atoms with E-state index in [1.165, 1.54) is 0 Å². The molecule has 0 atom stereocenters. The Bertz CT molecular complexity index is 337. The third-order valence-electron chi connectivity index (χ3n) is 1.66. The lowest BCUT2D eigenvalue weighted by Crippen LogP contribution is -2.36. The van der Waals surface area contributed by atoms with Crippen LogP contribution in [0.5, 0.6) is 0 Å². The second-order valence-corrected chi connectivity index (χ2v) is 6.98. The van der Waals surface area contributed by atoms with Crippen LogP contribution in [-0.4, -0.2) is 18.8 Å². The molecule has 1 aromatic carbocycles. The Labute approximate surface area is 105 Å². The van der Waals surface area contributed by atoms with Crippen molar-refractivity contribution < 1.29 is 9.22 Å². The molecule has 0 aromatic heterocycles. The van der Waals surface area contributed by atoms with Gasteiger partial charge >= 0.3 is 15.0 Å². The molecule has 0 aliphatic heterocycles. The first-order chi connectivity index (χ1) is 6.91. The van der Waals surface area contributed by atoms with Gasteiger partial charge in [-0.25, -0.2) is 4.79 Å². The van der Waals surface area contributed by atoms with Gasteiger partial charge in [0.25, 0.3) is 3.79 Å². The summed E-state index contributed by atoms with van der Waals surface area (Å²) in [6, 6.07) is 9.37. The van der Waals surface area contributed by atoms with E-state index < -0.39 is 18.8 Å². The first-order valence-electron chi connectivity index (χ1n) is 4.09. The van der Waals surface area contributed by atoms with Crippen LogP contribution in [0.3, 0.4) is 0 Å². The van der Waals surface area contributed by atoms with Crippen molar-refractivity contribution >= 4 is 55.0 Å². The number of carbonyl (C=O) groups is 1. The Morgan fingerprint density at radius 3 is 2.27 bits per heavy atom. The SMILES string of the molecule is C[Si](OC(=O)C(Cl)(Cl)Cl)c1ccccc1. The van der Waals surface area contributed by atoms with E-state index in [0.717, 1.165) is 5.19 Å². The summed E-state index contributed by atoms with van der Waals surface area (Å²) in [5.74, 6) is -0.826. The Morgan fingerprint density at radius 2 is 1.80 bits per heavy atom. The van der Waals surface area contributed by atoms with E-state index in [-0.39, 0.29) is 0 Å². The van der Waals surface area contributed by atoms with Gasteiger partial charge in [0.1, 0.15) is 0 Å². The van der Waals surface area contributed by atoms with E-state index in [4.69, 9.17) is 39.2 Å². The molecule has 0 amide bonds. The fourth-order valence-corrected chi connectivity index (χ4v) is 2.45. The quantitative estimate of drug-likeness (QED) is 0.615. The molecule has 0 saturated heterocycles. The number of carbonyl (C=O) groups excluding carboxylic acids is 1. The minimum atomic E-state index is -2.00. The summed E-state index contributed by atoms with van der Waals surface area (Å²) < 4.78 is 3.07. The van der Waals surface area contributed by atoms with Crippen LogP contribution in [0.4, 0.5) is 0 Å². The van der Waals surface area contributed by atoms with Crippen molar-refractivity contribution in [1.29, 1.82) is 0 Å². The molecule has 0 saturated carbocycles. The fourth-order valence-electron chi connectivity index (χ4n) is 0.929. The van der Waals surface area contributed by atoms with Gasteiger partial charge in [0.05, 0.1) is 0 Å². The standard InChI is InChI=1S/C9H8Cl3O2Si/c1-15(7-5-3-2-4-6-7)14-8(13)9(10,11)12/h2-6H,1H3. The highest BCUT2D eigenvalue weighted by Crippen LogP contribution is 2.27. The minimum Gasteiger partial charge on any atom is -0.510 e. The zero-order valence-electron chi connectivity index (χ0n) is 7.84. The van der Waals surface area contributed by atoms with Crippen molar-refractivity contribution in [2.75, 3.05) is 0 Å². The first-order valence-corrected chi connectivity index (χ1v) is 7.13. The summed E-state index contributed by atoms with van der Waals surface area (Å²) in [6.07, 6.45) is 0. The van der Waals surface area contributed by atoms with Crippen LogP contribution in [0, 0.1) is 0 Å². The van der Waals surface area contributed by atoms with Crippen LogP contribution in [0.15, 0.2) is 30.3 Å². The molecular formula is C9H8Cl3O2Si. The predicted octanol–water partition coefficient (Wildman–Crippen LogP) is 2.43. The number of alkyl halides is 3. The van der Waals surface area contributed by atoms with E-state index in [2.05, 4.69) is 0 Å². The maximum Gasteiger partial charge on any atom is 0.345 e. The number of hydrogen-bond donors (Lipinski definition) is 0. The molecule has 6 heteroatoms. The number of halogens is 3. The van der Waals surface area contributed by atoms with Crippen LogP contribution >= 0.6 is 34.8 Å². The molecule has 81 valence electrons. The topological polar surface area (TPSA) is 26.3 Å². The Kier molecular flexibility index (Phi) is 4.46. The van der Waals surface area contributed by atoms with Crippen LogP contribution in [0.1, 0.15) is 0 Å². The monoisotopic (exact) mass is 281 g/mol. The highest BCUT2D eigenvalue weighted by Gasteiger charge is 2.34. The summed E-state index contributed by atoms with van der Waals surface area (Å²) in [5, 5.41) is 0.949. The lowest BCUT2D eigenvalue weighted by atomic mass is 10.4. The number of benzene rings is 1. The fraction of sp³-hybridized carbons (Fsp3) is 0.222. The Morgan fingerprint density at radius 1 is 1.27 bits per heavy atom. The molecule has 1 radical (unpaired) electrons. The second-order valence-electron chi connectivity index (χ2n) is 2.81. The molecular weight excluding hydrogens is 275 g/mol. The van der Waals surface area contributed by atoms with Gasteiger partial charge in [0, 0.05) is 0 Å². The van der Waals surface area contributed by atoms with Gasteiger partial charge in [0.15, 0.2) is 0 Å². The van der Waals surface area contributed by atoms with E-state index in [1.807, 2.05) is 36.9 Å². The van der Waals surface area contributed by atoms with Gasteiger partial charge in [-0.15, -0.1) is 0 Å². The highest BCUT2D eigenvalue weighted by molar-refractivity contribution is 6.77. The molecule has 0 heterocycles. The van der Waals surface area contributed by atoms with Crippen LogP contribution in [0.25, 0.3) is 0 Å². The van der Waals surface area contributed by atoms with Gasteiger partial charge in [0.2, 0.25) is 0 Å². The van der Waals surface area contributed by atoms with Crippen molar-refractivity contribution in [1.82, 2.24) is 0 Å². The lowest BCUT2D eigenvalue weighted by molar-refractivity contribution is -0.133. The summed E-state index contributed by atoms with van der Waals surface area (Å²) in [6.45, 7) is 1.81. The molecule has 0 unspecified atom stereocenters. The maximum absolute atomic E-state index is 11.3. The average molecular weight is 283 g/mol. The van der Waals surface area contributed by atoms with Crippen molar-refractivity contribution in [2.45, 2.75) is 10.3 Å². The van der Waals surface area contributed by atoms with Gasteiger partial charge < -0.3 is 4.43 Å². The second kappa shape index (κ2) is 5.21. The molecule has 1 aromatic rings. The number of rotatable bonds is 2. The molecule has 0 spiro atoms. The average Bonchev–Trinajstić information content (AvgIpc) is 2.17. The van der Waals surface area contributed by atoms with E-state index in [0.29, 0.717) is 0 Å². The first kappa shape index (κ1) is 12.8. The molecule has 1 rings (SSSR count). The normalized spacial score (nSPS) is 11.5. The van der Waals surface area contributed by atoms with Crippen molar-refractivity contribution in [2.24, 2.45) is 0 Å². The van der Waals surface area contributed by atoms with E-state index in [9.17, 15) is 4.79 Å². The van der Waals surface area contributed by atoms with E-state index >= 15 is 0 Å². The minimum absolute atomic E-state index is 0.826. The molecule has 0 fully saturated rings. The molecule has 0 N–H and O–H groups in total. The van der Waals surface area contributed by atoms with Gasteiger partial charge in [-0.05, 0) is 11.7 Å². The summed E-state index contributed by atoms with van der Waals surface area (Å²) in [5.41, 5.74) is 0. The van der Waals surface area contributed by atoms with Crippen molar-refractivity contribution in [3.63, 3.8) is 0 Å². The zero-order valence-corrected chi connectivity index (χ0v) is 11.1. The maximum atomic E-state index is 11.3. The Balaban J connectivity index is 2.65. The highest BCUT2D eigenvalue weighted by atomic mass is 35.6. The largest absolute Gasteiger partial charge is 0.510 e. The van der Waals surface area contributed by atoms with E-state index in [1.54, 1.807) is 0 Å². The van der Waals surface area contributed by atoms with Gasteiger partial charge in [-0.3, -0.25) is 0 Å². The van der Waals surface area contributed by atoms with Gasteiger partial charge in [-0.1, -0.05) is 65.1 Å². The smallest absolute Gasteiger partial charge is 0.345 e. The Hall–Kier alpha value is -0.223. The van der Waals surface area contributed by atoms with Crippen molar-refractivity contribution in [3.05, 3.63) is 30.3 Å². The summed E-state index contributed by atoms with van der Waals surface area (Å²) in [7, 11) is -1.45. The van der Waals surface area contributed by atoms with Crippen LogP contribution in [-0.2, 0) is 9.22 Å². The molecule has 2 nitrogen and oxygen atoms in total. The summed E-state index contributed by atoms with van der Waals surface area (Å²) >= 11 is 16.2.